The van der Waals surface area contributed by atoms with Gasteiger partial charge < -0.3 is 19.4 Å². The van der Waals surface area contributed by atoms with Crippen LogP contribution < -0.4 is 10.1 Å². The standard InChI is InChI=1S/C31H32ClN3O3/c1-21(2)26-17-23(25-10-3-4-11-27(25)32)18-38-31(26)22-8-7-9-24(16-22)37-19-30(36)34-28-12-5-6-13-29(28)35-15-14-33-20-35/h3-16,20-21,23,26,31H,17-19H2,1-2H3,(H,34,36)/t23-,26-,31-/m0/s1. The van der Waals surface area contributed by atoms with E-state index in [1.54, 1.807) is 12.5 Å². The van der Waals surface area contributed by atoms with Crippen LogP contribution in [0.5, 0.6) is 5.75 Å². The normalized spacial score (nSPS) is 19.3. The predicted molar refractivity (Wildman–Crippen MR) is 150 cm³/mol. The van der Waals surface area contributed by atoms with Crippen LogP contribution in [0, 0.1) is 11.8 Å². The fraction of sp³-hybridized carbons (Fsp3) is 0.290. The Hall–Kier alpha value is -3.61. The molecule has 3 aromatic carbocycles. The van der Waals surface area contributed by atoms with Gasteiger partial charge in [-0.05, 0) is 59.7 Å². The van der Waals surface area contributed by atoms with Gasteiger partial charge in [-0.25, -0.2) is 4.98 Å². The summed E-state index contributed by atoms with van der Waals surface area (Å²) in [4.78, 5) is 16.8. The molecule has 5 rings (SSSR count). The summed E-state index contributed by atoms with van der Waals surface area (Å²) in [7, 11) is 0. The number of carbonyl (C=O) groups is 1. The van der Waals surface area contributed by atoms with Gasteiger partial charge in [-0.2, -0.15) is 0 Å². The molecule has 1 aromatic heterocycles. The van der Waals surface area contributed by atoms with E-state index in [0.717, 1.165) is 28.3 Å². The maximum Gasteiger partial charge on any atom is 0.262 e. The number of nitrogens with zero attached hydrogens (tertiary/aromatic N) is 2. The molecule has 0 aliphatic carbocycles. The first-order chi connectivity index (χ1) is 18.5. The monoisotopic (exact) mass is 529 g/mol. The zero-order chi connectivity index (χ0) is 26.5. The van der Waals surface area contributed by atoms with Crippen molar-refractivity contribution in [1.29, 1.82) is 0 Å². The first-order valence-corrected chi connectivity index (χ1v) is 13.3. The molecule has 6 nitrogen and oxygen atoms in total. The number of halogens is 1. The van der Waals surface area contributed by atoms with Crippen molar-refractivity contribution >= 4 is 23.2 Å². The number of aromatic nitrogens is 2. The molecule has 0 bridgehead atoms. The van der Waals surface area contributed by atoms with Crippen molar-refractivity contribution in [3.05, 3.63) is 108 Å². The van der Waals surface area contributed by atoms with Gasteiger partial charge in [0.05, 0.1) is 30.4 Å². The van der Waals surface area contributed by atoms with Crippen LogP contribution in [0.15, 0.2) is 91.5 Å². The Bertz CT molecular complexity index is 1370. The van der Waals surface area contributed by atoms with Crippen LogP contribution in [0.4, 0.5) is 5.69 Å². The van der Waals surface area contributed by atoms with Crippen LogP contribution in [0.2, 0.25) is 5.02 Å². The maximum absolute atomic E-state index is 12.7. The molecule has 0 saturated carbocycles. The number of para-hydroxylation sites is 2. The van der Waals surface area contributed by atoms with E-state index in [-0.39, 0.29) is 24.5 Å². The van der Waals surface area contributed by atoms with Crippen molar-refractivity contribution in [2.45, 2.75) is 32.3 Å². The molecule has 2 heterocycles. The third-order valence-electron chi connectivity index (χ3n) is 7.14. The van der Waals surface area contributed by atoms with Gasteiger partial charge >= 0.3 is 0 Å². The van der Waals surface area contributed by atoms with E-state index in [4.69, 9.17) is 21.1 Å². The van der Waals surface area contributed by atoms with Gasteiger partial charge in [0, 0.05) is 23.3 Å². The number of carbonyl (C=O) groups excluding carboxylic acids is 1. The van der Waals surface area contributed by atoms with Gasteiger partial charge in [0.2, 0.25) is 0 Å². The Morgan fingerprint density at radius 1 is 1.13 bits per heavy atom. The molecule has 1 aliphatic heterocycles. The maximum atomic E-state index is 12.7. The van der Waals surface area contributed by atoms with E-state index in [1.807, 2.05) is 71.4 Å². The Morgan fingerprint density at radius 3 is 2.74 bits per heavy atom. The first-order valence-electron chi connectivity index (χ1n) is 13.0. The summed E-state index contributed by atoms with van der Waals surface area (Å²) >= 11 is 6.50. The SMILES string of the molecule is CC(C)[C@@H]1C[C@H](c2ccccc2Cl)CO[C@H]1c1cccc(OCC(=O)Nc2ccccc2-n2ccnc2)c1. The summed E-state index contributed by atoms with van der Waals surface area (Å²) in [6.07, 6.45) is 6.18. The van der Waals surface area contributed by atoms with Gasteiger partial charge in [-0.1, -0.05) is 67.9 Å². The van der Waals surface area contributed by atoms with E-state index in [2.05, 4.69) is 36.3 Å². The third kappa shape index (κ3) is 5.93. The lowest BCUT2D eigenvalue weighted by Gasteiger charge is -2.39. The van der Waals surface area contributed by atoms with E-state index in [0.29, 0.717) is 29.9 Å². The minimum Gasteiger partial charge on any atom is -0.484 e. The molecule has 1 saturated heterocycles. The average Bonchev–Trinajstić information content (AvgIpc) is 3.47. The molecule has 0 unspecified atom stereocenters. The predicted octanol–water partition coefficient (Wildman–Crippen LogP) is 7.06. The first kappa shape index (κ1) is 26.0. The van der Waals surface area contributed by atoms with Crippen LogP contribution in [-0.2, 0) is 9.53 Å². The van der Waals surface area contributed by atoms with Gasteiger partial charge in [0.15, 0.2) is 6.61 Å². The smallest absolute Gasteiger partial charge is 0.262 e. The topological polar surface area (TPSA) is 65.4 Å². The lowest BCUT2D eigenvalue weighted by molar-refractivity contribution is -0.118. The summed E-state index contributed by atoms with van der Waals surface area (Å²) in [5.41, 5.74) is 3.74. The summed E-state index contributed by atoms with van der Waals surface area (Å²) in [6, 6.07) is 23.5. The van der Waals surface area contributed by atoms with Crippen LogP contribution in [0.3, 0.4) is 0 Å². The van der Waals surface area contributed by atoms with Crippen molar-refractivity contribution in [2.24, 2.45) is 11.8 Å². The third-order valence-corrected chi connectivity index (χ3v) is 7.49. The Kier molecular flexibility index (Phi) is 8.11. The molecule has 7 heteroatoms. The number of rotatable bonds is 8. The highest BCUT2D eigenvalue weighted by Gasteiger charge is 2.35. The fourth-order valence-electron chi connectivity index (χ4n) is 5.17. The molecule has 196 valence electrons. The summed E-state index contributed by atoms with van der Waals surface area (Å²) in [5.74, 6) is 1.42. The second-order valence-electron chi connectivity index (χ2n) is 10.0. The number of hydrogen-bond acceptors (Lipinski definition) is 4. The van der Waals surface area contributed by atoms with Gasteiger partial charge in [-0.3, -0.25) is 4.79 Å². The van der Waals surface area contributed by atoms with Crippen LogP contribution >= 0.6 is 11.6 Å². The van der Waals surface area contributed by atoms with Crippen molar-refractivity contribution in [3.63, 3.8) is 0 Å². The molecular weight excluding hydrogens is 498 g/mol. The molecule has 1 fully saturated rings. The Labute approximate surface area is 228 Å². The number of ether oxygens (including phenoxy) is 2. The minimum absolute atomic E-state index is 0.0480. The number of benzene rings is 3. The second kappa shape index (κ2) is 11.8. The Morgan fingerprint density at radius 2 is 1.95 bits per heavy atom. The second-order valence-corrected chi connectivity index (χ2v) is 10.4. The average molecular weight is 530 g/mol. The number of amides is 1. The molecule has 0 radical (unpaired) electrons. The van der Waals surface area contributed by atoms with Gasteiger partial charge in [0.1, 0.15) is 5.75 Å². The lowest BCUT2D eigenvalue weighted by atomic mass is 9.76. The van der Waals surface area contributed by atoms with E-state index < -0.39 is 0 Å². The van der Waals surface area contributed by atoms with Crippen LogP contribution in [0.1, 0.15) is 43.4 Å². The van der Waals surface area contributed by atoms with Gasteiger partial charge in [-0.15, -0.1) is 0 Å². The molecule has 0 spiro atoms. The molecule has 1 aliphatic rings. The highest BCUT2D eigenvalue weighted by atomic mass is 35.5. The molecule has 38 heavy (non-hydrogen) atoms. The molecule has 3 atom stereocenters. The molecule has 1 amide bonds. The highest BCUT2D eigenvalue weighted by Crippen LogP contribution is 2.45. The zero-order valence-corrected chi connectivity index (χ0v) is 22.3. The summed E-state index contributed by atoms with van der Waals surface area (Å²) in [5, 5.41) is 3.74. The van der Waals surface area contributed by atoms with E-state index in [1.165, 1.54) is 0 Å². The lowest BCUT2D eigenvalue weighted by Crippen LogP contribution is -2.31. The van der Waals surface area contributed by atoms with Crippen LogP contribution in [-0.4, -0.2) is 28.7 Å². The minimum atomic E-state index is -0.237. The largest absolute Gasteiger partial charge is 0.484 e. The molecule has 4 aromatic rings. The van der Waals surface area contributed by atoms with Crippen LogP contribution in [0.25, 0.3) is 5.69 Å². The van der Waals surface area contributed by atoms with Crippen molar-refractivity contribution in [2.75, 3.05) is 18.5 Å². The number of anilines is 1. The molecule has 1 N–H and O–H groups in total. The Balaban J connectivity index is 1.24. The van der Waals surface area contributed by atoms with Gasteiger partial charge in [0.25, 0.3) is 5.91 Å². The van der Waals surface area contributed by atoms with E-state index >= 15 is 0 Å². The molecular formula is C31H32ClN3O3. The fourth-order valence-corrected chi connectivity index (χ4v) is 5.46. The number of nitrogens with one attached hydrogen (secondary N) is 1. The van der Waals surface area contributed by atoms with Crippen molar-refractivity contribution in [3.8, 4) is 11.4 Å². The van der Waals surface area contributed by atoms with Crippen molar-refractivity contribution < 1.29 is 14.3 Å². The quantitative estimate of drug-likeness (QED) is 0.265. The van der Waals surface area contributed by atoms with Crippen molar-refractivity contribution in [1.82, 2.24) is 9.55 Å². The number of imidazole rings is 1. The van der Waals surface area contributed by atoms with E-state index in [9.17, 15) is 4.79 Å². The zero-order valence-electron chi connectivity index (χ0n) is 21.6. The number of hydrogen-bond donors (Lipinski definition) is 1. The summed E-state index contributed by atoms with van der Waals surface area (Å²) in [6.45, 7) is 4.99. The highest BCUT2D eigenvalue weighted by molar-refractivity contribution is 6.31. The summed E-state index contributed by atoms with van der Waals surface area (Å²) < 4.78 is 14.2.